The number of pyridine rings is 1. The van der Waals surface area contributed by atoms with E-state index < -0.39 is 0 Å². The van der Waals surface area contributed by atoms with Gasteiger partial charge in [-0.2, -0.15) is 5.26 Å². The van der Waals surface area contributed by atoms with Crippen molar-refractivity contribution in [3.8, 4) is 11.9 Å². The Hall–Kier alpha value is -1.60. The van der Waals surface area contributed by atoms with Gasteiger partial charge in [-0.25, -0.2) is 4.98 Å². The summed E-state index contributed by atoms with van der Waals surface area (Å²) in [6.45, 7) is 2.92. The van der Waals surface area contributed by atoms with E-state index in [0.717, 1.165) is 25.1 Å². The highest BCUT2D eigenvalue weighted by molar-refractivity contribution is 5.34. The largest absolute Gasteiger partial charge is 0.474 e. The van der Waals surface area contributed by atoms with Gasteiger partial charge in [-0.3, -0.25) is 0 Å². The predicted octanol–water partition coefficient (Wildman–Crippen LogP) is 1.64. The number of nitrogens with one attached hydrogen (secondary N) is 1. The van der Waals surface area contributed by atoms with Crippen LogP contribution in [0.1, 0.15) is 24.1 Å². The lowest BCUT2D eigenvalue weighted by Crippen LogP contribution is -2.38. The average Bonchev–Trinajstić information content (AvgIpc) is 2.25. The quantitative estimate of drug-likeness (QED) is 0.855. The molecular formula is C13H17N3O. The van der Waals surface area contributed by atoms with Gasteiger partial charge >= 0.3 is 0 Å². The van der Waals surface area contributed by atoms with Crippen molar-refractivity contribution >= 4 is 0 Å². The predicted molar refractivity (Wildman–Crippen MR) is 64.8 cm³/mol. The van der Waals surface area contributed by atoms with Gasteiger partial charge in [0.2, 0.25) is 5.88 Å². The highest BCUT2D eigenvalue weighted by Crippen LogP contribution is 2.30. The first kappa shape index (κ1) is 11.9. The molecule has 1 saturated carbocycles. The Balaban J connectivity index is 1.92. The molecule has 0 bridgehead atoms. The number of hydrogen-bond donors (Lipinski definition) is 1. The maximum Gasteiger partial charge on any atom is 0.215 e. The fourth-order valence-electron chi connectivity index (χ4n) is 2.16. The Morgan fingerprint density at radius 2 is 2.29 bits per heavy atom. The number of nitrogens with zero attached hydrogens (tertiary/aromatic N) is 2. The molecule has 1 fully saturated rings. The van der Waals surface area contributed by atoms with E-state index in [9.17, 15) is 0 Å². The normalized spacial score (nSPS) is 22.6. The lowest BCUT2D eigenvalue weighted by molar-refractivity contribution is 0.0615. The topological polar surface area (TPSA) is 57.9 Å². The number of nitriles is 1. The van der Waals surface area contributed by atoms with E-state index in [1.165, 1.54) is 0 Å². The Bertz CT molecular complexity index is 433. The molecule has 1 heterocycles. The Morgan fingerprint density at radius 3 is 2.94 bits per heavy atom. The Kier molecular flexibility index (Phi) is 3.60. The van der Waals surface area contributed by atoms with Crippen LogP contribution in [0.2, 0.25) is 0 Å². The molecule has 17 heavy (non-hydrogen) atoms. The van der Waals surface area contributed by atoms with Crippen LogP contribution in [0, 0.1) is 24.2 Å². The van der Waals surface area contributed by atoms with Crippen LogP contribution < -0.4 is 10.1 Å². The first-order chi connectivity index (χ1) is 8.21. The molecule has 2 rings (SSSR count). The highest BCUT2D eigenvalue weighted by atomic mass is 16.5. The van der Waals surface area contributed by atoms with Crippen molar-refractivity contribution in [3.63, 3.8) is 0 Å². The third-order valence-electron chi connectivity index (χ3n) is 3.03. The number of aromatic nitrogens is 1. The summed E-state index contributed by atoms with van der Waals surface area (Å²) >= 11 is 0. The van der Waals surface area contributed by atoms with Gasteiger partial charge in [0, 0.05) is 11.8 Å². The van der Waals surface area contributed by atoms with Crippen molar-refractivity contribution in [2.45, 2.75) is 25.9 Å². The van der Waals surface area contributed by atoms with Crippen LogP contribution in [0.15, 0.2) is 12.1 Å². The summed E-state index contributed by atoms with van der Waals surface area (Å²) in [7, 11) is 1.97. The molecule has 1 aromatic heterocycles. The van der Waals surface area contributed by atoms with E-state index in [-0.39, 0.29) is 6.10 Å². The summed E-state index contributed by atoms with van der Waals surface area (Å²) < 4.78 is 5.76. The fourth-order valence-corrected chi connectivity index (χ4v) is 2.16. The second-order valence-electron chi connectivity index (χ2n) is 4.58. The monoisotopic (exact) mass is 231 g/mol. The molecule has 1 N–H and O–H groups in total. The maximum atomic E-state index is 8.86. The van der Waals surface area contributed by atoms with Crippen LogP contribution in [-0.4, -0.2) is 24.7 Å². The number of hydrogen-bond acceptors (Lipinski definition) is 4. The molecule has 0 aliphatic heterocycles. The molecule has 4 heteroatoms. The SMILES string of the molecule is CNCC1CC(Oc2cc(C#N)cc(C)n2)C1. The van der Waals surface area contributed by atoms with Gasteiger partial charge in [-0.15, -0.1) is 0 Å². The van der Waals surface area contributed by atoms with Crippen molar-refractivity contribution < 1.29 is 4.74 Å². The van der Waals surface area contributed by atoms with Crippen molar-refractivity contribution in [2.24, 2.45) is 5.92 Å². The van der Waals surface area contributed by atoms with Crippen molar-refractivity contribution in [1.29, 1.82) is 5.26 Å². The minimum atomic E-state index is 0.259. The third-order valence-corrected chi connectivity index (χ3v) is 3.03. The minimum absolute atomic E-state index is 0.259. The lowest BCUT2D eigenvalue weighted by Gasteiger charge is -2.34. The minimum Gasteiger partial charge on any atom is -0.474 e. The zero-order chi connectivity index (χ0) is 12.3. The summed E-state index contributed by atoms with van der Waals surface area (Å²) in [5, 5.41) is 12.0. The maximum absolute atomic E-state index is 8.86. The lowest BCUT2D eigenvalue weighted by atomic mass is 9.82. The van der Waals surface area contributed by atoms with Crippen LogP contribution >= 0.6 is 0 Å². The molecule has 1 aliphatic carbocycles. The van der Waals surface area contributed by atoms with Gasteiger partial charge in [0.25, 0.3) is 0 Å². The van der Waals surface area contributed by atoms with Gasteiger partial charge in [-0.1, -0.05) is 0 Å². The summed E-state index contributed by atoms with van der Waals surface area (Å²) in [6, 6.07) is 5.58. The molecule has 0 amide bonds. The second-order valence-corrected chi connectivity index (χ2v) is 4.58. The van der Waals surface area contributed by atoms with Crippen molar-refractivity contribution in [3.05, 3.63) is 23.4 Å². The molecular weight excluding hydrogens is 214 g/mol. The highest BCUT2D eigenvalue weighted by Gasteiger charge is 2.30. The Morgan fingerprint density at radius 1 is 1.53 bits per heavy atom. The molecule has 0 radical (unpaired) electrons. The Labute approximate surface area is 102 Å². The summed E-state index contributed by atoms with van der Waals surface area (Å²) in [6.07, 6.45) is 2.39. The van der Waals surface area contributed by atoms with Gasteiger partial charge < -0.3 is 10.1 Å². The van der Waals surface area contributed by atoms with E-state index >= 15 is 0 Å². The van der Waals surface area contributed by atoms with Crippen molar-refractivity contribution in [2.75, 3.05) is 13.6 Å². The molecule has 90 valence electrons. The average molecular weight is 231 g/mol. The van der Waals surface area contributed by atoms with E-state index in [0.29, 0.717) is 17.4 Å². The van der Waals surface area contributed by atoms with E-state index in [1.807, 2.05) is 14.0 Å². The van der Waals surface area contributed by atoms with Gasteiger partial charge in [-0.05, 0) is 45.3 Å². The van der Waals surface area contributed by atoms with Crippen LogP contribution in [0.3, 0.4) is 0 Å². The molecule has 1 aliphatic rings. The van der Waals surface area contributed by atoms with Gasteiger partial charge in [0.05, 0.1) is 11.6 Å². The number of ether oxygens (including phenoxy) is 1. The first-order valence-electron chi connectivity index (χ1n) is 5.91. The summed E-state index contributed by atoms with van der Waals surface area (Å²) in [4.78, 5) is 4.29. The molecule has 0 saturated heterocycles. The van der Waals surface area contributed by atoms with Gasteiger partial charge in [0.1, 0.15) is 6.10 Å². The van der Waals surface area contributed by atoms with Gasteiger partial charge in [0.15, 0.2) is 0 Å². The van der Waals surface area contributed by atoms with E-state index in [1.54, 1.807) is 12.1 Å². The molecule has 0 unspecified atom stereocenters. The van der Waals surface area contributed by atoms with Crippen LogP contribution in [0.25, 0.3) is 0 Å². The molecule has 0 spiro atoms. The van der Waals surface area contributed by atoms with Crippen molar-refractivity contribution in [1.82, 2.24) is 10.3 Å². The van der Waals surface area contributed by atoms with E-state index in [4.69, 9.17) is 10.00 Å². The fraction of sp³-hybridized carbons (Fsp3) is 0.538. The second kappa shape index (κ2) is 5.15. The number of aryl methyl sites for hydroxylation is 1. The van der Waals surface area contributed by atoms with Crippen LogP contribution in [0.5, 0.6) is 5.88 Å². The third kappa shape index (κ3) is 2.95. The number of rotatable bonds is 4. The van der Waals surface area contributed by atoms with Crippen LogP contribution in [0.4, 0.5) is 0 Å². The zero-order valence-electron chi connectivity index (χ0n) is 10.2. The van der Waals surface area contributed by atoms with Crippen LogP contribution in [-0.2, 0) is 0 Å². The first-order valence-corrected chi connectivity index (χ1v) is 5.91. The zero-order valence-corrected chi connectivity index (χ0v) is 10.2. The summed E-state index contributed by atoms with van der Waals surface area (Å²) in [5.74, 6) is 1.29. The summed E-state index contributed by atoms with van der Waals surface area (Å²) in [5.41, 5.74) is 1.43. The van der Waals surface area contributed by atoms with E-state index in [2.05, 4.69) is 16.4 Å². The molecule has 0 atom stereocenters. The smallest absolute Gasteiger partial charge is 0.215 e. The molecule has 4 nitrogen and oxygen atoms in total. The standard InChI is InChI=1S/C13H17N3O/c1-9-3-10(7-14)6-13(16-9)17-12-4-11(5-12)8-15-2/h3,6,11-12,15H,4-5,8H2,1-2H3. The molecule has 1 aromatic rings. The molecule has 0 aromatic carbocycles.